The van der Waals surface area contributed by atoms with Crippen molar-refractivity contribution in [2.45, 2.75) is 0 Å². The topological polar surface area (TPSA) is 61.9 Å². The Balaban J connectivity index is 0.00000364. The number of fused-ring (bicyclic) bond motifs is 21. The summed E-state index contributed by atoms with van der Waals surface area (Å²) in [6.07, 6.45) is 0. The minimum atomic E-state index is 0. The normalized spacial score (nSPS) is 28.3. The third kappa shape index (κ3) is 16.3. The van der Waals surface area contributed by atoms with E-state index in [0.717, 1.165) is 39.3 Å². The molecular weight excluding hydrogens is 415 g/mol. The number of hydrogen-bond donors (Lipinski definition) is 0. The van der Waals surface area contributed by atoms with Crippen molar-refractivity contribution in [1.82, 2.24) is 9.80 Å². The first kappa shape index (κ1) is 29.6. The summed E-state index contributed by atoms with van der Waals surface area (Å²) >= 11 is 0. The standard InChI is InChI=1S/C18H36N2O6.ClH.K/c1-7-21-13-14-24-10-4-20-5-11-25-17-15-22-8-2-19(1)3-9-23-16-18-26-12-6-20;;/h1-18H2;1H;/q;;+1/p-1. The molecule has 0 saturated carbocycles. The molecule has 162 valence electrons. The summed E-state index contributed by atoms with van der Waals surface area (Å²) in [5, 5.41) is 0. The summed E-state index contributed by atoms with van der Waals surface area (Å²) in [5.74, 6) is 0. The smallest absolute Gasteiger partial charge is 1.00 e. The zero-order chi connectivity index (χ0) is 18.1. The molecule has 0 radical (unpaired) electrons. The van der Waals surface area contributed by atoms with Crippen molar-refractivity contribution >= 4 is 0 Å². The summed E-state index contributed by atoms with van der Waals surface area (Å²) in [4.78, 5) is 4.62. The van der Waals surface area contributed by atoms with Crippen molar-refractivity contribution in [2.75, 3.05) is 119 Å². The van der Waals surface area contributed by atoms with Gasteiger partial charge in [0.1, 0.15) is 0 Å². The van der Waals surface area contributed by atoms with Gasteiger partial charge < -0.3 is 40.8 Å². The second-order valence-electron chi connectivity index (χ2n) is 6.36. The van der Waals surface area contributed by atoms with Crippen molar-refractivity contribution in [2.24, 2.45) is 0 Å². The van der Waals surface area contributed by atoms with Crippen molar-refractivity contribution in [1.29, 1.82) is 0 Å². The molecule has 3 saturated heterocycles. The van der Waals surface area contributed by atoms with E-state index in [0.29, 0.717) is 79.3 Å². The van der Waals surface area contributed by atoms with Crippen LogP contribution in [0.4, 0.5) is 0 Å². The van der Waals surface area contributed by atoms with Gasteiger partial charge in [-0.2, -0.15) is 0 Å². The summed E-state index contributed by atoms with van der Waals surface area (Å²) in [5.41, 5.74) is 0. The maximum absolute atomic E-state index is 5.70. The molecule has 0 atom stereocenters. The van der Waals surface area contributed by atoms with Crippen molar-refractivity contribution in [3.05, 3.63) is 0 Å². The Morgan fingerprint density at radius 3 is 0.679 bits per heavy atom. The molecule has 0 N–H and O–H groups in total. The Kier molecular flexibility index (Phi) is 23.1. The van der Waals surface area contributed by atoms with E-state index in [-0.39, 0.29) is 63.8 Å². The fraction of sp³-hybridized carbons (Fsp3) is 1.00. The first-order valence-corrected chi connectivity index (χ1v) is 9.86. The number of nitrogens with zero attached hydrogens (tertiary/aromatic N) is 2. The van der Waals surface area contributed by atoms with Gasteiger partial charge in [0, 0.05) is 39.3 Å². The van der Waals surface area contributed by atoms with Crippen molar-refractivity contribution in [3.8, 4) is 0 Å². The van der Waals surface area contributed by atoms with Crippen LogP contribution in [-0.4, -0.2) is 128 Å². The molecule has 8 nitrogen and oxygen atoms in total. The second kappa shape index (κ2) is 21.8. The predicted molar refractivity (Wildman–Crippen MR) is 97.8 cm³/mol. The second-order valence-corrected chi connectivity index (χ2v) is 6.36. The maximum atomic E-state index is 5.70. The first-order valence-electron chi connectivity index (χ1n) is 9.86. The van der Waals surface area contributed by atoms with E-state index in [2.05, 4.69) is 9.80 Å². The molecule has 0 amide bonds. The van der Waals surface area contributed by atoms with Gasteiger partial charge in [0.2, 0.25) is 0 Å². The Morgan fingerprint density at radius 2 is 0.500 bits per heavy atom. The molecule has 3 fully saturated rings. The van der Waals surface area contributed by atoms with Crippen LogP contribution in [0.5, 0.6) is 0 Å². The Hall–Kier alpha value is 1.61. The van der Waals surface area contributed by atoms with E-state index in [4.69, 9.17) is 28.4 Å². The van der Waals surface area contributed by atoms with Gasteiger partial charge in [0.15, 0.2) is 0 Å². The van der Waals surface area contributed by atoms with Crippen LogP contribution in [0.15, 0.2) is 0 Å². The molecule has 0 aliphatic carbocycles. The maximum Gasteiger partial charge on any atom is 1.00 e. The van der Waals surface area contributed by atoms with E-state index < -0.39 is 0 Å². The van der Waals surface area contributed by atoms with Crippen LogP contribution in [0, 0.1) is 0 Å². The van der Waals surface area contributed by atoms with E-state index in [1.807, 2.05) is 0 Å². The summed E-state index contributed by atoms with van der Waals surface area (Å²) < 4.78 is 34.2. The molecule has 3 heterocycles. The minimum Gasteiger partial charge on any atom is -1.00 e. The Morgan fingerprint density at radius 1 is 0.321 bits per heavy atom. The monoisotopic (exact) mass is 450 g/mol. The molecule has 28 heavy (non-hydrogen) atoms. The van der Waals surface area contributed by atoms with Crippen LogP contribution in [0.25, 0.3) is 0 Å². The van der Waals surface area contributed by atoms with Gasteiger partial charge in [-0.1, -0.05) is 0 Å². The molecule has 0 aromatic heterocycles. The molecule has 3 rings (SSSR count). The zero-order valence-corrected chi connectivity index (χ0v) is 21.3. The molecule has 0 aromatic rings. The largest absolute Gasteiger partial charge is 1.00 e. The van der Waals surface area contributed by atoms with Gasteiger partial charge >= 0.3 is 51.4 Å². The Labute approximate surface area is 218 Å². The molecule has 0 unspecified atom stereocenters. The Bertz CT molecular complexity index is 259. The third-order valence-electron chi connectivity index (χ3n) is 4.43. The van der Waals surface area contributed by atoms with Crippen molar-refractivity contribution < 1.29 is 92.2 Å². The summed E-state index contributed by atoms with van der Waals surface area (Å²) in [6.45, 7) is 13.2. The average Bonchev–Trinajstić information content (AvgIpc) is 2.65. The molecular formula is C18H36ClKN2O6. The fourth-order valence-electron chi connectivity index (χ4n) is 2.80. The van der Waals surface area contributed by atoms with Crippen LogP contribution in [0.2, 0.25) is 0 Å². The summed E-state index contributed by atoms with van der Waals surface area (Å²) in [6, 6.07) is 0. The fourth-order valence-corrected chi connectivity index (χ4v) is 2.80. The summed E-state index contributed by atoms with van der Waals surface area (Å²) in [7, 11) is 0. The SMILES string of the molecule is C1COCCN2CCOCCOCCN(CCO1)CCOCCOCC2.[Cl-].[K+]. The molecule has 2 bridgehead atoms. The van der Waals surface area contributed by atoms with Crippen molar-refractivity contribution in [3.63, 3.8) is 0 Å². The molecule has 3 aliphatic heterocycles. The van der Waals surface area contributed by atoms with Gasteiger partial charge in [-0.05, 0) is 0 Å². The van der Waals surface area contributed by atoms with Gasteiger partial charge in [-0.15, -0.1) is 0 Å². The number of hydrogen-bond acceptors (Lipinski definition) is 8. The van der Waals surface area contributed by atoms with Gasteiger partial charge in [0.25, 0.3) is 0 Å². The zero-order valence-electron chi connectivity index (χ0n) is 17.4. The predicted octanol–water partition coefficient (Wildman–Crippen LogP) is -6.27. The van der Waals surface area contributed by atoms with E-state index in [9.17, 15) is 0 Å². The van der Waals surface area contributed by atoms with Crippen LogP contribution < -0.4 is 63.8 Å². The van der Waals surface area contributed by atoms with Crippen LogP contribution >= 0.6 is 0 Å². The van der Waals surface area contributed by atoms with Gasteiger partial charge in [-0.3, -0.25) is 9.80 Å². The number of ether oxygens (including phenoxy) is 6. The van der Waals surface area contributed by atoms with E-state index >= 15 is 0 Å². The quantitative estimate of drug-likeness (QED) is 0.338. The van der Waals surface area contributed by atoms with Crippen LogP contribution in [0.1, 0.15) is 0 Å². The third-order valence-corrected chi connectivity index (χ3v) is 4.43. The van der Waals surface area contributed by atoms with Gasteiger partial charge in [0.05, 0.1) is 79.3 Å². The van der Waals surface area contributed by atoms with Crippen LogP contribution in [0.3, 0.4) is 0 Å². The molecule has 0 aromatic carbocycles. The average molecular weight is 451 g/mol. The number of halogens is 1. The molecule has 3 aliphatic rings. The van der Waals surface area contributed by atoms with E-state index in [1.165, 1.54) is 0 Å². The first-order chi connectivity index (χ1) is 12.9. The number of rotatable bonds is 0. The van der Waals surface area contributed by atoms with Crippen LogP contribution in [-0.2, 0) is 28.4 Å². The van der Waals surface area contributed by atoms with E-state index in [1.54, 1.807) is 0 Å². The molecule has 0 spiro atoms. The van der Waals surface area contributed by atoms with Gasteiger partial charge in [-0.25, -0.2) is 0 Å². The molecule has 10 heteroatoms. The minimum absolute atomic E-state index is 0.